The molecule has 1 aromatic heterocycles. The highest BCUT2D eigenvalue weighted by atomic mass is 32.2. The van der Waals surface area contributed by atoms with Crippen molar-refractivity contribution in [1.82, 2.24) is 19.4 Å². The fraction of sp³-hybridized carbons (Fsp3) is 0.692. The lowest BCUT2D eigenvalue weighted by molar-refractivity contribution is -0.134. The van der Waals surface area contributed by atoms with E-state index in [0.29, 0.717) is 36.0 Å². The van der Waals surface area contributed by atoms with Crippen molar-refractivity contribution in [2.45, 2.75) is 33.2 Å². The fourth-order valence-corrected chi connectivity index (χ4v) is 4.18. The van der Waals surface area contributed by atoms with Gasteiger partial charge in [-0.2, -0.15) is 0 Å². The van der Waals surface area contributed by atoms with Gasteiger partial charge in [-0.1, -0.05) is 11.4 Å². The van der Waals surface area contributed by atoms with Crippen LogP contribution in [0.1, 0.15) is 36.1 Å². The van der Waals surface area contributed by atoms with Gasteiger partial charge in [-0.25, -0.2) is 0 Å². The highest BCUT2D eigenvalue weighted by Gasteiger charge is 2.38. The first-order valence-electron chi connectivity index (χ1n) is 7.12. The second kappa shape index (κ2) is 7.22. The van der Waals surface area contributed by atoms with E-state index in [-0.39, 0.29) is 17.9 Å². The summed E-state index contributed by atoms with van der Waals surface area (Å²) in [4.78, 5) is 29.2. The molecule has 0 bridgehead atoms. The molecule has 8 heteroatoms. The average molecular weight is 328 g/mol. The van der Waals surface area contributed by atoms with E-state index in [1.807, 2.05) is 20.8 Å². The van der Waals surface area contributed by atoms with Gasteiger partial charge < -0.3 is 9.80 Å². The second-order valence-electron chi connectivity index (χ2n) is 4.70. The van der Waals surface area contributed by atoms with Crippen molar-refractivity contribution in [3.05, 3.63) is 10.6 Å². The van der Waals surface area contributed by atoms with Crippen LogP contribution >= 0.6 is 23.3 Å². The lowest BCUT2D eigenvalue weighted by Gasteiger charge is -2.28. The summed E-state index contributed by atoms with van der Waals surface area (Å²) in [5, 5.41) is 3.98. The third-order valence-corrected chi connectivity index (χ3v) is 5.36. The molecule has 0 saturated carbocycles. The van der Waals surface area contributed by atoms with E-state index >= 15 is 0 Å². The zero-order valence-corrected chi connectivity index (χ0v) is 14.2. The average Bonchev–Trinajstić information content (AvgIpc) is 3.16. The van der Waals surface area contributed by atoms with Crippen LogP contribution in [-0.4, -0.2) is 62.0 Å². The van der Waals surface area contributed by atoms with Crippen molar-refractivity contribution in [2.24, 2.45) is 0 Å². The molecule has 1 atom stereocenters. The van der Waals surface area contributed by atoms with Gasteiger partial charge in [-0.05, 0) is 31.8 Å². The Morgan fingerprint density at radius 3 is 2.67 bits per heavy atom. The first-order valence-corrected chi connectivity index (χ1v) is 9.05. The molecule has 21 heavy (non-hydrogen) atoms. The molecular formula is C13H20N4O2S2. The first kappa shape index (κ1) is 16.2. The van der Waals surface area contributed by atoms with Gasteiger partial charge in [-0.3, -0.25) is 9.59 Å². The number of likely N-dealkylation sites (N-methyl/N-ethyl adjacent to an activating group) is 1. The Morgan fingerprint density at radius 1 is 1.33 bits per heavy atom. The van der Waals surface area contributed by atoms with Crippen molar-refractivity contribution < 1.29 is 9.59 Å². The third-order valence-electron chi connectivity index (χ3n) is 3.59. The molecule has 0 aliphatic carbocycles. The van der Waals surface area contributed by atoms with E-state index < -0.39 is 0 Å². The number of rotatable bonds is 5. The van der Waals surface area contributed by atoms with Crippen LogP contribution < -0.4 is 0 Å². The number of carbonyl (C=O) groups is 2. The first-order chi connectivity index (χ1) is 10.1. The normalized spacial score (nSPS) is 18.0. The van der Waals surface area contributed by atoms with Crippen LogP contribution in [0.15, 0.2) is 0 Å². The quantitative estimate of drug-likeness (QED) is 0.819. The lowest BCUT2D eigenvalue weighted by Crippen LogP contribution is -2.48. The molecule has 1 aliphatic rings. The van der Waals surface area contributed by atoms with Gasteiger partial charge in [0, 0.05) is 18.8 Å². The summed E-state index contributed by atoms with van der Waals surface area (Å²) >= 11 is 2.73. The van der Waals surface area contributed by atoms with Crippen LogP contribution in [0, 0.1) is 0 Å². The maximum Gasteiger partial charge on any atom is 0.268 e. The standard InChI is InChI=1S/C13H20N4O2S2/c1-4-9-11(21-15-14-9)13(19)17-8-20-7-10(17)12(18)16(5-2)6-3/h10H,4-8H2,1-3H3. The Balaban J connectivity index is 2.18. The summed E-state index contributed by atoms with van der Waals surface area (Å²) in [6.07, 6.45) is 0.674. The van der Waals surface area contributed by atoms with Crippen LogP contribution in [0.3, 0.4) is 0 Å². The molecule has 0 radical (unpaired) electrons. The number of aryl methyl sites for hydroxylation is 1. The van der Waals surface area contributed by atoms with Crippen LogP contribution in [0.2, 0.25) is 0 Å². The Labute approximate surface area is 133 Å². The molecule has 116 valence electrons. The molecule has 0 aromatic carbocycles. The van der Waals surface area contributed by atoms with Gasteiger partial charge in [0.05, 0.1) is 11.6 Å². The number of carbonyl (C=O) groups excluding carboxylic acids is 2. The smallest absolute Gasteiger partial charge is 0.268 e. The molecule has 1 aromatic rings. The molecule has 1 aliphatic heterocycles. The predicted octanol–water partition coefficient (Wildman–Crippen LogP) is 1.48. The summed E-state index contributed by atoms with van der Waals surface area (Å²) in [7, 11) is 0. The monoisotopic (exact) mass is 328 g/mol. The molecule has 1 saturated heterocycles. The molecule has 2 rings (SSSR count). The zero-order valence-electron chi connectivity index (χ0n) is 12.5. The zero-order chi connectivity index (χ0) is 15.4. The minimum atomic E-state index is -0.366. The SMILES string of the molecule is CCc1nnsc1C(=O)N1CSCC1C(=O)N(CC)CC. The Kier molecular flexibility index (Phi) is 5.58. The predicted molar refractivity (Wildman–Crippen MR) is 84.5 cm³/mol. The van der Waals surface area contributed by atoms with Crippen molar-refractivity contribution >= 4 is 35.1 Å². The van der Waals surface area contributed by atoms with Gasteiger partial charge in [-0.15, -0.1) is 16.9 Å². The summed E-state index contributed by atoms with van der Waals surface area (Å²) in [6, 6.07) is -0.366. The van der Waals surface area contributed by atoms with Gasteiger partial charge in [0.15, 0.2) is 0 Å². The molecule has 2 heterocycles. The van der Waals surface area contributed by atoms with Crippen LogP contribution in [0.4, 0.5) is 0 Å². The fourth-order valence-electron chi connectivity index (χ4n) is 2.33. The topological polar surface area (TPSA) is 66.4 Å². The summed E-state index contributed by atoms with van der Waals surface area (Å²) in [5.74, 6) is 1.14. The van der Waals surface area contributed by atoms with E-state index in [1.54, 1.807) is 21.6 Å². The Hall–Kier alpha value is -1.15. The molecule has 2 amide bonds. The van der Waals surface area contributed by atoms with Crippen molar-refractivity contribution in [1.29, 1.82) is 0 Å². The van der Waals surface area contributed by atoms with E-state index in [4.69, 9.17) is 0 Å². The molecule has 1 unspecified atom stereocenters. The largest absolute Gasteiger partial charge is 0.341 e. The molecule has 0 N–H and O–H groups in total. The van der Waals surface area contributed by atoms with Gasteiger partial charge in [0.25, 0.3) is 5.91 Å². The summed E-state index contributed by atoms with van der Waals surface area (Å²) in [5.41, 5.74) is 0.718. The number of aromatic nitrogens is 2. The Morgan fingerprint density at radius 2 is 2.05 bits per heavy atom. The number of amides is 2. The van der Waals surface area contributed by atoms with Gasteiger partial charge >= 0.3 is 0 Å². The second-order valence-corrected chi connectivity index (χ2v) is 6.46. The summed E-state index contributed by atoms with van der Waals surface area (Å²) < 4.78 is 3.86. The van der Waals surface area contributed by atoms with Crippen molar-refractivity contribution in [3.63, 3.8) is 0 Å². The summed E-state index contributed by atoms with van der Waals surface area (Å²) in [6.45, 7) is 7.20. The molecular weight excluding hydrogens is 308 g/mol. The van der Waals surface area contributed by atoms with Gasteiger partial charge in [0.1, 0.15) is 10.9 Å². The lowest BCUT2D eigenvalue weighted by atomic mass is 10.2. The van der Waals surface area contributed by atoms with Crippen molar-refractivity contribution in [2.75, 3.05) is 24.7 Å². The number of hydrogen-bond acceptors (Lipinski definition) is 6. The number of nitrogens with zero attached hydrogens (tertiary/aromatic N) is 4. The van der Waals surface area contributed by atoms with Crippen LogP contribution in [0.25, 0.3) is 0 Å². The van der Waals surface area contributed by atoms with Gasteiger partial charge in [0.2, 0.25) is 5.91 Å². The third kappa shape index (κ3) is 3.21. The van der Waals surface area contributed by atoms with E-state index in [2.05, 4.69) is 9.59 Å². The minimum absolute atomic E-state index is 0.0360. The van der Waals surface area contributed by atoms with Crippen molar-refractivity contribution in [3.8, 4) is 0 Å². The molecule has 6 nitrogen and oxygen atoms in total. The van der Waals surface area contributed by atoms with Crippen LogP contribution in [-0.2, 0) is 11.2 Å². The van der Waals surface area contributed by atoms with E-state index in [0.717, 1.165) is 17.2 Å². The maximum absolute atomic E-state index is 12.7. The number of hydrogen-bond donors (Lipinski definition) is 0. The Bertz CT molecular complexity index is 516. The highest BCUT2D eigenvalue weighted by Crippen LogP contribution is 2.26. The molecule has 1 fully saturated rings. The minimum Gasteiger partial charge on any atom is -0.341 e. The maximum atomic E-state index is 12.7. The highest BCUT2D eigenvalue weighted by molar-refractivity contribution is 7.99. The van der Waals surface area contributed by atoms with Crippen LogP contribution in [0.5, 0.6) is 0 Å². The number of thioether (sulfide) groups is 1. The van der Waals surface area contributed by atoms with E-state index in [9.17, 15) is 9.59 Å². The van der Waals surface area contributed by atoms with E-state index in [1.165, 1.54) is 0 Å². The molecule has 0 spiro atoms.